The zero-order valence-electron chi connectivity index (χ0n) is 12.5. The number of likely N-dealkylation sites (tertiary alicyclic amines) is 1. The third-order valence-electron chi connectivity index (χ3n) is 3.79. The van der Waals surface area contributed by atoms with E-state index in [1.165, 1.54) is 12.8 Å². The minimum absolute atomic E-state index is 0.163. The lowest BCUT2D eigenvalue weighted by atomic mass is 10.1. The fourth-order valence-electron chi connectivity index (χ4n) is 2.64. The van der Waals surface area contributed by atoms with Gasteiger partial charge in [0.05, 0.1) is 0 Å². The molecule has 1 atom stereocenters. The van der Waals surface area contributed by atoms with E-state index < -0.39 is 0 Å². The first-order valence-electron chi connectivity index (χ1n) is 7.29. The maximum Gasteiger partial charge on any atom is 0.0465 e. The van der Waals surface area contributed by atoms with Crippen molar-refractivity contribution in [3.63, 3.8) is 0 Å². The molecule has 1 aromatic rings. The van der Waals surface area contributed by atoms with Gasteiger partial charge in [-0.15, -0.1) is 0 Å². The smallest absolute Gasteiger partial charge is 0.0465 e. The van der Waals surface area contributed by atoms with Crippen LogP contribution >= 0.6 is 23.2 Å². The van der Waals surface area contributed by atoms with Crippen molar-refractivity contribution < 1.29 is 0 Å². The molecule has 112 valence electrons. The van der Waals surface area contributed by atoms with Gasteiger partial charge < -0.3 is 5.32 Å². The Balaban J connectivity index is 2.01. The minimum Gasteiger partial charge on any atom is -0.311 e. The molecule has 1 N–H and O–H groups in total. The van der Waals surface area contributed by atoms with E-state index in [0.717, 1.165) is 35.2 Å². The van der Waals surface area contributed by atoms with E-state index in [-0.39, 0.29) is 5.54 Å². The summed E-state index contributed by atoms with van der Waals surface area (Å²) in [6, 6.07) is 6.31. The van der Waals surface area contributed by atoms with Crippen LogP contribution in [0.2, 0.25) is 10.0 Å². The summed E-state index contributed by atoms with van der Waals surface area (Å²) in [5.41, 5.74) is 1.22. The molecule has 0 radical (unpaired) electrons. The van der Waals surface area contributed by atoms with Gasteiger partial charge >= 0.3 is 0 Å². The van der Waals surface area contributed by atoms with Crippen molar-refractivity contribution >= 4 is 23.2 Å². The van der Waals surface area contributed by atoms with Crippen LogP contribution in [0, 0.1) is 0 Å². The second kappa shape index (κ2) is 6.65. The Morgan fingerprint density at radius 2 is 1.90 bits per heavy atom. The quantitative estimate of drug-likeness (QED) is 0.889. The summed E-state index contributed by atoms with van der Waals surface area (Å²) in [5.74, 6) is 0. The molecule has 4 heteroatoms. The van der Waals surface area contributed by atoms with Gasteiger partial charge in [-0.25, -0.2) is 0 Å². The van der Waals surface area contributed by atoms with Crippen molar-refractivity contribution in [2.75, 3.05) is 13.1 Å². The normalized spacial score (nSPS) is 20.6. The van der Waals surface area contributed by atoms with Crippen LogP contribution in [-0.4, -0.2) is 29.6 Å². The lowest BCUT2D eigenvalue weighted by molar-refractivity contribution is 0.226. The Morgan fingerprint density at radius 3 is 2.50 bits per heavy atom. The highest BCUT2D eigenvalue weighted by Gasteiger charge is 2.26. The molecule has 0 saturated carbocycles. The molecule has 1 heterocycles. The highest BCUT2D eigenvalue weighted by molar-refractivity contribution is 6.35. The van der Waals surface area contributed by atoms with Gasteiger partial charge in [0.1, 0.15) is 0 Å². The summed E-state index contributed by atoms with van der Waals surface area (Å²) in [6.07, 6.45) is 2.49. The summed E-state index contributed by atoms with van der Waals surface area (Å²) >= 11 is 12.6. The Labute approximate surface area is 132 Å². The summed E-state index contributed by atoms with van der Waals surface area (Å²) < 4.78 is 0. The van der Waals surface area contributed by atoms with Gasteiger partial charge in [-0.2, -0.15) is 0 Å². The fourth-order valence-corrected chi connectivity index (χ4v) is 3.16. The Hall–Kier alpha value is -0.280. The third kappa shape index (κ3) is 4.36. The molecule has 0 aromatic heterocycles. The van der Waals surface area contributed by atoms with Crippen LogP contribution in [0.25, 0.3) is 0 Å². The first-order valence-corrected chi connectivity index (χ1v) is 8.04. The molecule has 2 nitrogen and oxygen atoms in total. The molecular formula is C16H24Cl2N2. The zero-order valence-corrected chi connectivity index (χ0v) is 14.1. The lowest BCUT2D eigenvalue weighted by Gasteiger charge is -2.29. The van der Waals surface area contributed by atoms with Gasteiger partial charge in [0.25, 0.3) is 0 Å². The predicted molar refractivity (Wildman–Crippen MR) is 87.6 cm³/mol. The number of rotatable bonds is 4. The average Bonchev–Trinajstić information content (AvgIpc) is 2.78. The fraction of sp³-hybridized carbons (Fsp3) is 0.625. The maximum atomic E-state index is 6.28. The van der Waals surface area contributed by atoms with Crippen molar-refractivity contribution in [3.8, 4) is 0 Å². The number of halogens is 2. The molecule has 1 aliphatic rings. The maximum absolute atomic E-state index is 6.28. The van der Waals surface area contributed by atoms with Crippen molar-refractivity contribution in [3.05, 3.63) is 33.8 Å². The first-order chi connectivity index (χ1) is 9.37. The van der Waals surface area contributed by atoms with Crippen LogP contribution in [0.1, 0.15) is 39.2 Å². The molecule has 1 aromatic carbocycles. The Morgan fingerprint density at radius 1 is 1.25 bits per heavy atom. The molecule has 1 unspecified atom stereocenters. The van der Waals surface area contributed by atoms with Crippen LogP contribution in [0.4, 0.5) is 0 Å². The van der Waals surface area contributed by atoms with Crippen molar-refractivity contribution in [2.24, 2.45) is 0 Å². The standard InChI is InChI=1S/C16H24Cl2N2/c1-16(2,3)19-10-12-6-5-9-20(12)11-13-14(17)7-4-8-15(13)18/h4,7-8,12,19H,5-6,9-11H2,1-3H3. The highest BCUT2D eigenvalue weighted by Crippen LogP contribution is 2.28. The van der Waals surface area contributed by atoms with E-state index in [9.17, 15) is 0 Å². The minimum atomic E-state index is 0.163. The van der Waals surface area contributed by atoms with Gasteiger partial charge in [-0.1, -0.05) is 29.3 Å². The van der Waals surface area contributed by atoms with Crippen LogP contribution in [0.3, 0.4) is 0 Å². The monoisotopic (exact) mass is 314 g/mol. The highest BCUT2D eigenvalue weighted by atomic mass is 35.5. The number of nitrogens with zero attached hydrogens (tertiary/aromatic N) is 1. The van der Waals surface area contributed by atoms with Gasteiger partial charge in [0.15, 0.2) is 0 Å². The molecule has 0 amide bonds. The van der Waals surface area contributed by atoms with Crippen molar-refractivity contribution in [1.29, 1.82) is 0 Å². The molecule has 1 aliphatic heterocycles. The SMILES string of the molecule is CC(C)(C)NCC1CCCN1Cc1c(Cl)cccc1Cl. The van der Waals surface area contributed by atoms with Crippen molar-refractivity contribution in [2.45, 2.75) is 51.7 Å². The summed E-state index contributed by atoms with van der Waals surface area (Å²) in [5, 5.41) is 5.14. The first kappa shape index (κ1) is 16.1. The van der Waals surface area contributed by atoms with Gasteiger partial charge in [-0.3, -0.25) is 4.90 Å². The number of benzene rings is 1. The van der Waals surface area contributed by atoms with E-state index in [1.807, 2.05) is 18.2 Å². The van der Waals surface area contributed by atoms with E-state index in [4.69, 9.17) is 23.2 Å². The van der Waals surface area contributed by atoms with E-state index in [2.05, 4.69) is 31.0 Å². The molecular weight excluding hydrogens is 291 g/mol. The lowest BCUT2D eigenvalue weighted by Crippen LogP contribution is -2.45. The number of nitrogens with one attached hydrogen (secondary N) is 1. The average molecular weight is 315 g/mol. The van der Waals surface area contributed by atoms with Crippen LogP contribution in [0.15, 0.2) is 18.2 Å². The summed E-state index contributed by atoms with van der Waals surface area (Å²) in [7, 11) is 0. The van der Waals surface area contributed by atoms with Crippen LogP contribution in [0.5, 0.6) is 0 Å². The topological polar surface area (TPSA) is 15.3 Å². The van der Waals surface area contributed by atoms with Gasteiger partial charge in [0, 0.05) is 40.3 Å². The number of hydrogen-bond donors (Lipinski definition) is 1. The van der Waals surface area contributed by atoms with Crippen LogP contribution in [-0.2, 0) is 6.54 Å². The Bertz CT molecular complexity index is 434. The zero-order chi connectivity index (χ0) is 14.8. The molecule has 0 spiro atoms. The largest absolute Gasteiger partial charge is 0.311 e. The third-order valence-corrected chi connectivity index (χ3v) is 4.50. The molecule has 1 saturated heterocycles. The molecule has 1 fully saturated rings. The van der Waals surface area contributed by atoms with E-state index in [0.29, 0.717) is 6.04 Å². The molecule has 0 bridgehead atoms. The second-order valence-corrected chi connectivity index (χ2v) is 7.41. The van der Waals surface area contributed by atoms with Gasteiger partial charge in [-0.05, 0) is 52.3 Å². The Kier molecular flexibility index (Phi) is 5.36. The molecule has 20 heavy (non-hydrogen) atoms. The number of hydrogen-bond acceptors (Lipinski definition) is 2. The van der Waals surface area contributed by atoms with E-state index in [1.54, 1.807) is 0 Å². The summed E-state index contributed by atoms with van der Waals surface area (Å²) in [6.45, 7) is 9.60. The second-order valence-electron chi connectivity index (χ2n) is 6.60. The summed E-state index contributed by atoms with van der Waals surface area (Å²) in [4.78, 5) is 2.49. The van der Waals surface area contributed by atoms with Crippen LogP contribution < -0.4 is 5.32 Å². The molecule has 2 rings (SSSR count). The van der Waals surface area contributed by atoms with Gasteiger partial charge in [0.2, 0.25) is 0 Å². The molecule has 0 aliphatic carbocycles. The van der Waals surface area contributed by atoms with E-state index >= 15 is 0 Å². The van der Waals surface area contributed by atoms with Crippen molar-refractivity contribution in [1.82, 2.24) is 10.2 Å². The predicted octanol–water partition coefficient (Wildman–Crippen LogP) is 4.35.